The Morgan fingerprint density at radius 1 is 1.40 bits per heavy atom. The number of carbonyl (C=O) groups excluding carboxylic acids is 2. The van der Waals surface area contributed by atoms with Crippen LogP contribution < -0.4 is 16.4 Å². The summed E-state index contributed by atoms with van der Waals surface area (Å²) in [5.41, 5.74) is 6.47. The summed E-state index contributed by atoms with van der Waals surface area (Å²) in [5, 5.41) is 5.91. The fourth-order valence-corrected chi connectivity index (χ4v) is 2.56. The summed E-state index contributed by atoms with van der Waals surface area (Å²) >= 11 is 0. The van der Waals surface area contributed by atoms with E-state index >= 15 is 0 Å². The number of rotatable bonds is 4. The van der Waals surface area contributed by atoms with E-state index < -0.39 is 11.9 Å². The Bertz CT molecular complexity index is 475. The third-order valence-electron chi connectivity index (χ3n) is 3.78. The van der Waals surface area contributed by atoms with Crippen molar-refractivity contribution in [1.29, 1.82) is 0 Å². The number of hydrogen-bond acceptors (Lipinski definition) is 3. The first-order chi connectivity index (χ1) is 9.58. The molecule has 0 aromatic heterocycles. The second-order valence-electron chi connectivity index (χ2n) is 5.27. The Morgan fingerprint density at radius 2 is 2.10 bits per heavy atom. The first-order valence-electron chi connectivity index (χ1n) is 6.96. The van der Waals surface area contributed by atoms with Gasteiger partial charge >= 0.3 is 0 Å². The highest BCUT2D eigenvalue weighted by atomic mass is 16.2. The molecular formula is C15H21N3O2. The third-order valence-corrected chi connectivity index (χ3v) is 3.78. The fourth-order valence-electron chi connectivity index (χ4n) is 2.56. The van der Waals surface area contributed by atoms with Crippen molar-refractivity contribution in [2.75, 3.05) is 6.54 Å². The highest BCUT2D eigenvalue weighted by Crippen LogP contribution is 2.26. The number of benzene rings is 1. The standard InChI is InChI=1S/C15H21N3O2/c1-10(14(16)19)18-13-9-12(7-8-17-15(13)20)11-5-3-2-4-6-11/h2-6,10,12-13,18H,7-9H2,1H3,(H2,16,19)(H,17,20)/t10-,12-,13-/m0/s1. The summed E-state index contributed by atoms with van der Waals surface area (Å²) in [6.45, 7) is 2.33. The van der Waals surface area contributed by atoms with Gasteiger partial charge in [0.2, 0.25) is 11.8 Å². The van der Waals surface area contributed by atoms with Crippen LogP contribution in [-0.4, -0.2) is 30.4 Å². The van der Waals surface area contributed by atoms with Gasteiger partial charge in [-0.05, 0) is 31.2 Å². The van der Waals surface area contributed by atoms with Crippen molar-refractivity contribution in [2.45, 2.75) is 37.8 Å². The van der Waals surface area contributed by atoms with E-state index in [1.54, 1.807) is 6.92 Å². The Morgan fingerprint density at radius 3 is 2.75 bits per heavy atom. The number of carbonyl (C=O) groups is 2. The zero-order valence-electron chi connectivity index (χ0n) is 11.6. The first-order valence-corrected chi connectivity index (χ1v) is 6.96. The molecule has 0 radical (unpaired) electrons. The van der Waals surface area contributed by atoms with Crippen LogP contribution in [0.4, 0.5) is 0 Å². The highest BCUT2D eigenvalue weighted by Gasteiger charge is 2.28. The number of nitrogens with two attached hydrogens (primary N) is 1. The first kappa shape index (κ1) is 14.5. The van der Waals surface area contributed by atoms with Gasteiger partial charge in [0.15, 0.2) is 0 Å². The maximum absolute atomic E-state index is 12.0. The summed E-state index contributed by atoms with van der Waals surface area (Å²) in [6.07, 6.45) is 1.58. The lowest BCUT2D eigenvalue weighted by Crippen LogP contribution is -2.50. The monoisotopic (exact) mass is 275 g/mol. The largest absolute Gasteiger partial charge is 0.368 e. The molecule has 1 saturated heterocycles. The Hall–Kier alpha value is -1.88. The molecule has 4 N–H and O–H groups in total. The molecule has 1 fully saturated rings. The SMILES string of the molecule is C[C@H](N[C@H]1C[C@@H](c2ccccc2)CCNC1=O)C(N)=O. The predicted molar refractivity (Wildman–Crippen MR) is 77.0 cm³/mol. The highest BCUT2D eigenvalue weighted by molar-refractivity contribution is 5.84. The van der Waals surface area contributed by atoms with Crippen molar-refractivity contribution < 1.29 is 9.59 Å². The molecule has 0 bridgehead atoms. The van der Waals surface area contributed by atoms with Gasteiger partial charge in [0.05, 0.1) is 12.1 Å². The van der Waals surface area contributed by atoms with Gasteiger partial charge in [-0.15, -0.1) is 0 Å². The van der Waals surface area contributed by atoms with Crippen LogP contribution in [0, 0.1) is 0 Å². The minimum atomic E-state index is -0.514. The number of nitrogens with one attached hydrogen (secondary N) is 2. The summed E-state index contributed by atoms with van der Waals surface area (Å²) < 4.78 is 0. The normalized spacial score (nSPS) is 24.6. The smallest absolute Gasteiger partial charge is 0.237 e. The molecule has 20 heavy (non-hydrogen) atoms. The van der Waals surface area contributed by atoms with Gasteiger partial charge in [-0.2, -0.15) is 0 Å². The molecule has 1 aromatic carbocycles. The van der Waals surface area contributed by atoms with Gasteiger partial charge in [-0.3, -0.25) is 14.9 Å². The van der Waals surface area contributed by atoms with E-state index in [0.29, 0.717) is 18.9 Å². The molecule has 0 aliphatic carbocycles. The van der Waals surface area contributed by atoms with Crippen LogP contribution in [-0.2, 0) is 9.59 Å². The van der Waals surface area contributed by atoms with Crippen LogP contribution in [0.5, 0.6) is 0 Å². The number of amides is 2. The molecule has 2 amide bonds. The molecule has 5 heteroatoms. The second kappa shape index (κ2) is 6.52. The molecular weight excluding hydrogens is 254 g/mol. The lowest BCUT2D eigenvalue weighted by molar-refractivity contribution is -0.124. The van der Waals surface area contributed by atoms with Crippen molar-refractivity contribution in [1.82, 2.24) is 10.6 Å². The molecule has 3 atom stereocenters. The van der Waals surface area contributed by atoms with E-state index in [-0.39, 0.29) is 11.9 Å². The van der Waals surface area contributed by atoms with Gasteiger partial charge < -0.3 is 11.1 Å². The number of primary amides is 1. The van der Waals surface area contributed by atoms with Gasteiger partial charge in [0.25, 0.3) is 0 Å². The lowest BCUT2D eigenvalue weighted by atomic mass is 9.90. The topological polar surface area (TPSA) is 84.2 Å². The van der Waals surface area contributed by atoms with Crippen molar-refractivity contribution >= 4 is 11.8 Å². The van der Waals surface area contributed by atoms with Crippen LogP contribution in [0.25, 0.3) is 0 Å². The minimum absolute atomic E-state index is 0.0588. The average Bonchev–Trinajstić information content (AvgIpc) is 2.62. The van der Waals surface area contributed by atoms with Crippen molar-refractivity contribution in [3.05, 3.63) is 35.9 Å². The molecule has 2 rings (SSSR count). The molecule has 1 heterocycles. The van der Waals surface area contributed by atoms with E-state index in [1.165, 1.54) is 5.56 Å². The fraction of sp³-hybridized carbons (Fsp3) is 0.467. The Balaban J connectivity index is 2.10. The van der Waals surface area contributed by atoms with Crippen LogP contribution in [0.2, 0.25) is 0 Å². The zero-order chi connectivity index (χ0) is 14.5. The molecule has 1 aromatic rings. The van der Waals surface area contributed by atoms with Gasteiger partial charge in [0, 0.05) is 6.54 Å². The predicted octanol–water partition coefficient (Wildman–Crippen LogP) is 0.512. The van der Waals surface area contributed by atoms with E-state index in [2.05, 4.69) is 22.8 Å². The van der Waals surface area contributed by atoms with E-state index in [9.17, 15) is 9.59 Å². The van der Waals surface area contributed by atoms with Crippen LogP contribution >= 0.6 is 0 Å². The Kier molecular flexibility index (Phi) is 4.74. The van der Waals surface area contributed by atoms with E-state index in [1.807, 2.05) is 18.2 Å². The summed E-state index contributed by atoms with van der Waals surface area (Å²) in [7, 11) is 0. The van der Waals surface area contributed by atoms with Crippen LogP contribution in [0.3, 0.4) is 0 Å². The van der Waals surface area contributed by atoms with Gasteiger partial charge in [0.1, 0.15) is 0 Å². The number of hydrogen-bond donors (Lipinski definition) is 3. The van der Waals surface area contributed by atoms with Gasteiger partial charge in [-0.25, -0.2) is 0 Å². The van der Waals surface area contributed by atoms with Crippen LogP contribution in [0.15, 0.2) is 30.3 Å². The quantitative estimate of drug-likeness (QED) is 0.748. The lowest BCUT2D eigenvalue weighted by Gasteiger charge is -2.22. The van der Waals surface area contributed by atoms with Crippen LogP contribution in [0.1, 0.15) is 31.2 Å². The average molecular weight is 275 g/mol. The molecule has 0 spiro atoms. The summed E-state index contributed by atoms with van der Waals surface area (Å²) in [6, 6.07) is 9.25. The molecule has 1 aliphatic heterocycles. The molecule has 0 saturated carbocycles. The van der Waals surface area contributed by atoms with Crippen molar-refractivity contribution in [3.8, 4) is 0 Å². The molecule has 108 valence electrons. The summed E-state index contributed by atoms with van der Waals surface area (Å²) in [5.74, 6) is -0.206. The van der Waals surface area contributed by atoms with E-state index in [4.69, 9.17) is 5.73 Å². The third kappa shape index (κ3) is 3.57. The maximum atomic E-state index is 12.0. The van der Waals surface area contributed by atoms with E-state index in [0.717, 1.165) is 6.42 Å². The second-order valence-corrected chi connectivity index (χ2v) is 5.27. The van der Waals surface area contributed by atoms with Gasteiger partial charge in [-0.1, -0.05) is 30.3 Å². The minimum Gasteiger partial charge on any atom is -0.368 e. The molecule has 0 unspecified atom stereocenters. The molecule has 1 aliphatic rings. The molecule has 5 nitrogen and oxygen atoms in total. The maximum Gasteiger partial charge on any atom is 0.237 e. The zero-order valence-corrected chi connectivity index (χ0v) is 11.6. The van der Waals surface area contributed by atoms with Crippen molar-refractivity contribution in [3.63, 3.8) is 0 Å². The Labute approximate surface area is 118 Å². The summed E-state index contributed by atoms with van der Waals surface area (Å²) in [4.78, 5) is 23.2. The van der Waals surface area contributed by atoms with Crippen molar-refractivity contribution in [2.24, 2.45) is 5.73 Å².